The molecule has 0 saturated carbocycles. The van der Waals surface area contributed by atoms with E-state index >= 15 is 0 Å². The maximum Gasteiger partial charge on any atom is 0.311 e. The third kappa shape index (κ3) is 4.56. The molecule has 0 aromatic heterocycles. The first-order valence-corrected chi connectivity index (χ1v) is 7.44. The number of carbonyl (C=O) groups is 1. The van der Waals surface area contributed by atoms with Gasteiger partial charge in [-0.1, -0.05) is 0 Å². The summed E-state index contributed by atoms with van der Waals surface area (Å²) in [4.78, 5) is 24.9. The Balaban J connectivity index is 0.00000264. The maximum absolute atomic E-state index is 12.5. The molecule has 7 nitrogen and oxygen atoms in total. The quantitative estimate of drug-likeness (QED) is 0.654. The number of likely N-dealkylation sites (N-methyl/N-ethyl adjacent to an activating group) is 1. The summed E-state index contributed by atoms with van der Waals surface area (Å²) in [5.74, 6) is 0.0156. The molecule has 1 aromatic carbocycles. The highest BCUT2D eigenvalue weighted by atomic mass is 35.5. The van der Waals surface area contributed by atoms with E-state index in [0.717, 1.165) is 12.8 Å². The molecule has 1 N–H and O–H groups in total. The van der Waals surface area contributed by atoms with Gasteiger partial charge >= 0.3 is 5.69 Å². The van der Waals surface area contributed by atoms with Crippen LogP contribution in [0.25, 0.3) is 0 Å². The Morgan fingerprint density at radius 3 is 2.87 bits per heavy atom. The normalized spacial score (nSPS) is 17.3. The molecule has 1 saturated heterocycles. The van der Waals surface area contributed by atoms with Crippen LogP contribution in [0.4, 0.5) is 5.69 Å². The molecular weight excluding hydrogens is 322 g/mol. The van der Waals surface area contributed by atoms with E-state index in [-0.39, 0.29) is 35.8 Å². The number of rotatable bonds is 5. The number of nitro groups is 1. The fraction of sp³-hybridized carbons (Fsp3) is 0.533. The van der Waals surface area contributed by atoms with Crippen molar-refractivity contribution in [2.75, 3.05) is 26.7 Å². The van der Waals surface area contributed by atoms with Gasteiger partial charge in [0.25, 0.3) is 5.91 Å². The maximum atomic E-state index is 12.5. The van der Waals surface area contributed by atoms with Crippen LogP contribution in [0.3, 0.4) is 0 Å². The third-order valence-corrected chi connectivity index (χ3v) is 3.82. The molecular formula is C15H22ClN3O4. The zero-order valence-corrected chi connectivity index (χ0v) is 14.1. The topological polar surface area (TPSA) is 84.7 Å². The minimum Gasteiger partial charge on any atom is -0.487 e. The number of nitrogens with zero attached hydrogens (tertiary/aromatic N) is 2. The number of nitrogens with one attached hydrogen (secondary N) is 1. The van der Waals surface area contributed by atoms with E-state index in [1.807, 2.05) is 7.05 Å². The Morgan fingerprint density at radius 1 is 1.52 bits per heavy atom. The smallest absolute Gasteiger partial charge is 0.311 e. The first-order valence-electron chi connectivity index (χ1n) is 7.44. The average molecular weight is 344 g/mol. The predicted molar refractivity (Wildman–Crippen MR) is 89.5 cm³/mol. The lowest BCUT2D eigenvalue weighted by Crippen LogP contribution is -2.46. The summed E-state index contributed by atoms with van der Waals surface area (Å²) < 4.78 is 5.24. The average Bonchev–Trinajstić information content (AvgIpc) is 2.54. The molecule has 1 fully saturated rings. The lowest BCUT2D eigenvalue weighted by molar-refractivity contribution is -0.385. The Morgan fingerprint density at radius 2 is 2.26 bits per heavy atom. The second-order valence-corrected chi connectivity index (χ2v) is 5.25. The van der Waals surface area contributed by atoms with E-state index in [4.69, 9.17) is 4.74 Å². The number of hydrogen-bond acceptors (Lipinski definition) is 5. The fourth-order valence-corrected chi connectivity index (χ4v) is 2.65. The molecule has 0 radical (unpaired) electrons. The predicted octanol–water partition coefficient (Wildman–Crippen LogP) is 2.24. The number of likely N-dealkylation sites (tertiary alicyclic amines) is 1. The second kappa shape index (κ2) is 8.69. The summed E-state index contributed by atoms with van der Waals surface area (Å²) in [5.41, 5.74) is 0.154. The van der Waals surface area contributed by atoms with E-state index in [1.54, 1.807) is 17.9 Å². The second-order valence-electron chi connectivity index (χ2n) is 5.25. The molecule has 0 aliphatic carbocycles. The van der Waals surface area contributed by atoms with Gasteiger partial charge in [-0.3, -0.25) is 14.9 Å². The first-order chi connectivity index (χ1) is 10.6. The van der Waals surface area contributed by atoms with E-state index in [9.17, 15) is 14.9 Å². The van der Waals surface area contributed by atoms with Crippen molar-refractivity contribution >= 4 is 24.0 Å². The number of benzene rings is 1. The van der Waals surface area contributed by atoms with Crippen LogP contribution in [0, 0.1) is 10.1 Å². The van der Waals surface area contributed by atoms with Gasteiger partial charge in [0.2, 0.25) is 0 Å². The van der Waals surface area contributed by atoms with Crippen molar-refractivity contribution in [3.05, 3.63) is 33.9 Å². The van der Waals surface area contributed by atoms with Gasteiger partial charge in [-0.2, -0.15) is 0 Å². The Labute approximate surface area is 141 Å². The molecule has 23 heavy (non-hydrogen) atoms. The van der Waals surface area contributed by atoms with Crippen LogP contribution in [-0.2, 0) is 0 Å². The van der Waals surface area contributed by atoms with Crippen LogP contribution in [0.5, 0.6) is 5.75 Å². The van der Waals surface area contributed by atoms with Crippen LogP contribution >= 0.6 is 12.4 Å². The highest BCUT2D eigenvalue weighted by Crippen LogP contribution is 2.28. The molecule has 0 bridgehead atoms. The third-order valence-electron chi connectivity index (χ3n) is 3.82. The summed E-state index contributed by atoms with van der Waals surface area (Å²) in [7, 11) is 1.88. The Bertz CT molecular complexity index is 568. The van der Waals surface area contributed by atoms with E-state index in [2.05, 4.69) is 5.32 Å². The molecule has 8 heteroatoms. The van der Waals surface area contributed by atoms with Crippen molar-refractivity contribution in [2.24, 2.45) is 0 Å². The summed E-state index contributed by atoms with van der Waals surface area (Å²) in [6.45, 7) is 3.40. The number of nitro benzene ring substituents is 1. The van der Waals surface area contributed by atoms with Crippen LogP contribution in [0.2, 0.25) is 0 Å². The van der Waals surface area contributed by atoms with Crippen molar-refractivity contribution in [1.82, 2.24) is 10.2 Å². The number of ether oxygens (including phenoxy) is 1. The highest BCUT2D eigenvalue weighted by Gasteiger charge is 2.25. The summed E-state index contributed by atoms with van der Waals surface area (Å²) in [6, 6.07) is 4.66. The molecule has 1 unspecified atom stereocenters. The van der Waals surface area contributed by atoms with Crippen molar-refractivity contribution < 1.29 is 14.5 Å². The number of piperidine rings is 1. The van der Waals surface area contributed by atoms with Gasteiger partial charge in [0, 0.05) is 30.8 Å². The minimum absolute atomic E-state index is 0. The summed E-state index contributed by atoms with van der Waals surface area (Å²) >= 11 is 0. The van der Waals surface area contributed by atoms with Crippen molar-refractivity contribution in [3.8, 4) is 5.75 Å². The van der Waals surface area contributed by atoms with Crippen LogP contribution in [0.1, 0.15) is 30.1 Å². The molecule has 1 aliphatic heterocycles. The van der Waals surface area contributed by atoms with Crippen LogP contribution in [0.15, 0.2) is 18.2 Å². The molecule has 1 aromatic rings. The van der Waals surface area contributed by atoms with Crippen LogP contribution < -0.4 is 10.1 Å². The molecule has 1 aliphatic rings. The largest absolute Gasteiger partial charge is 0.487 e. The van der Waals surface area contributed by atoms with E-state index < -0.39 is 4.92 Å². The van der Waals surface area contributed by atoms with Gasteiger partial charge in [-0.05, 0) is 38.9 Å². The van der Waals surface area contributed by atoms with Gasteiger partial charge in [-0.15, -0.1) is 12.4 Å². The number of carbonyl (C=O) groups excluding carboxylic acids is 1. The van der Waals surface area contributed by atoms with Gasteiger partial charge < -0.3 is 15.0 Å². The summed E-state index contributed by atoms with van der Waals surface area (Å²) in [5, 5.41) is 14.3. The highest BCUT2D eigenvalue weighted by molar-refractivity contribution is 5.95. The molecule has 1 amide bonds. The first kappa shape index (κ1) is 19.2. The number of hydrogen-bond donors (Lipinski definition) is 1. The zero-order chi connectivity index (χ0) is 16.1. The van der Waals surface area contributed by atoms with E-state index in [0.29, 0.717) is 25.3 Å². The number of halogens is 1. The molecule has 128 valence electrons. The molecule has 0 spiro atoms. The van der Waals surface area contributed by atoms with E-state index in [1.165, 1.54) is 12.1 Å². The monoisotopic (exact) mass is 343 g/mol. The Kier molecular flexibility index (Phi) is 7.25. The van der Waals surface area contributed by atoms with Gasteiger partial charge in [-0.25, -0.2) is 0 Å². The number of amides is 1. The standard InChI is InChI=1S/C15H21N3O4.ClH/c1-3-22-14-7-6-11(9-13(14)18(20)21)15(19)17-8-4-5-12(10-17)16-2;/h6-7,9,12,16H,3-5,8,10H2,1-2H3;1H. The fourth-order valence-electron chi connectivity index (χ4n) is 2.65. The van der Waals surface area contributed by atoms with Gasteiger partial charge in [0.05, 0.1) is 11.5 Å². The minimum atomic E-state index is -0.519. The van der Waals surface area contributed by atoms with Gasteiger partial charge in [0.15, 0.2) is 5.75 Å². The molecule has 1 atom stereocenters. The molecule has 1 heterocycles. The Hall–Kier alpha value is -1.86. The lowest BCUT2D eigenvalue weighted by atomic mass is 10.0. The van der Waals surface area contributed by atoms with Gasteiger partial charge in [0.1, 0.15) is 0 Å². The van der Waals surface area contributed by atoms with Crippen molar-refractivity contribution in [3.63, 3.8) is 0 Å². The molecule has 2 rings (SSSR count). The summed E-state index contributed by atoms with van der Waals surface area (Å²) in [6.07, 6.45) is 1.96. The SMILES string of the molecule is CCOc1ccc(C(=O)N2CCCC(NC)C2)cc1[N+](=O)[O-].Cl. The van der Waals surface area contributed by atoms with Crippen LogP contribution in [-0.4, -0.2) is 48.5 Å². The van der Waals surface area contributed by atoms with Crippen molar-refractivity contribution in [1.29, 1.82) is 0 Å². The lowest BCUT2D eigenvalue weighted by Gasteiger charge is -2.32. The zero-order valence-electron chi connectivity index (χ0n) is 13.3. The van der Waals surface area contributed by atoms with Crippen molar-refractivity contribution in [2.45, 2.75) is 25.8 Å².